The van der Waals surface area contributed by atoms with Crippen LogP contribution in [0, 0.1) is 0 Å². The molecule has 0 spiro atoms. The summed E-state index contributed by atoms with van der Waals surface area (Å²) >= 11 is 0. The lowest BCUT2D eigenvalue weighted by molar-refractivity contribution is -0.118. The Balaban J connectivity index is 1.89. The van der Waals surface area contributed by atoms with Crippen molar-refractivity contribution in [1.29, 1.82) is 0 Å². The SMILES string of the molecule is O=C(Nc1ccc(OC(F)F)cc1)[C@H]1CCCCN1. The van der Waals surface area contributed by atoms with E-state index in [9.17, 15) is 13.6 Å². The first kappa shape index (κ1) is 13.7. The van der Waals surface area contributed by atoms with Crippen molar-refractivity contribution in [3.63, 3.8) is 0 Å². The second kappa shape index (κ2) is 6.47. The molecule has 1 heterocycles. The Labute approximate surface area is 110 Å². The summed E-state index contributed by atoms with van der Waals surface area (Å²) in [5.41, 5.74) is 0.569. The lowest BCUT2D eigenvalue weighted by atomic mass is 10.0. The molecule has 0 radical (unpaired) electrons. The Morgan fingerprint density at radius 1 is 1.32 bits per heavy atom. The lowest BCUT2D eigenvalue weighted by Crippen LogP contribution is -2.43. The van der Waals surface area contributed by atoms with Gasteiger partial charge in [-0.3, -0.25) is 4.79 Å². The summed E-state index contributed by atoms with van der Waals surface area (Å²) in [7, 11) is 0. The molecule has 4 nitrogen and oxygen atoms in total. The second-order valence-electron chi connectivity index (χ2n) is 4.39. The summed E-state index contributed by atoms with van der Waals surface area (Å²) in [6.07, 6.45) is 2.94. The van der Waals surface area contributed by atoms with Crippen molar-refractivity contribution in [2.75, 3.05) is 11.9 Å². The Morgan fingerprint density at radius 2 is 2.05 bits per heavy atom. The number of ether oxygens (including phenoxy) is 1. The fourth-order valence-electron chi connectivity index (χ4n) is 2.02. The highest BCUT2D eigenvalue weighted by Crippen LogP contribution is 2.18. The maximum Gasteiger partial charge on any atom is 0.387 e. The number of piperidine rings is 1. The molecule has 1 aromatic carbocycles. The summed E-state index contributed by atoms with van der Waals surface area (Å²) in [4.78, 5) is 11.9. The van der Waals surface area contributed by atoms with Gasteiger partial charge in [-0.1, -0.05) is 6.42 Å². The van der Waals surface area contributed by atoms with Crippen LogP contribution >= 0.6 is 0 Å². The number of hydrogen-bond acceptors (Lipinski definition) is 3. The van der Waals surface area contributed by atoms with Crippen LogP contribution in [0.3, 0.4) is 0 Å². The number of hydrogen-bond donors (Lipinski definition) is 2. The maximum absolute atomic E-state index is 12.0. The molecule has 2 rings (SSSR count). The fraction of sp³-hybridized carbons (Fsp3) is 0.462. The van der Waals surface area contributed by atoms with Gasteiger partial charge in [-0.15, -0.1) is 0 Å². The first-order valence-electron chi connectivity index (χ1n) is 6.24. The van der Waals surface area contributed by atoms with Crippen molar-refractivity contribution in [1.82, 2.24) is 5.32 Å². The fourth-order valence-corrected chi connectivity index (χ4v) is 2.02. The molecular weight excluding hydrogens is 254 g/mol. The summed E-state index contributed by atoms with van der Waals surface area (Å²) in [6, 6.07) is 5.70. The van der Waals surface area contributed by atoms with E-state index in [2.05, 4.69) is 15.4 Å². The van der Waals surface area contributed by atoms with Crippen LogP contribution in [0.2, 0.25) is 0 Å². The Bertz CT molecular complexity index is 417. The number of halogens is 2. The van der Waals surface area contributed by atoms with Crippen LogP contribution in [-0.2, 0) is 4.79 Å². The second-order valence-corrected chi connectivity index (χ2v) is 4.39. The van der Waals surface area contributed by atoms with Crippen LogP contribution in [0.1, 0.15) is 19.3 Å². The van der Waals surface area contributed by atoms with Gasteiger partial charge in [0.25, 0.3) is 0 Å². The van der Waals surface area contributed by atoms with Crippen LogP contribution in [0.5, 0.6) is 5.75 Å². The summed E-state index contributed by atoms with van der Waals surface area (Å²) in [6.45, 7) is -1.99. The van der Waals surface area contributed by atoms with Gasteiger partial charge in [-0.05, 0) is 43.7 Å². The quantitative estimate of drug-likeness (QED) is 0.883. The molecule has 0 saturated carbocycles. The van der Waals surface area contributed by atoms with Crippen LogP contribution in [0.4, 0.5) is 14.5 Å². The minimum absolute atomic E-state index is 0.0730. The summed E-state index contributed by atoms with van der Waals surface area (Å²) in [5.74, 6) is -0.0222. The van der Waals surface area contributed by atoms with Crippen LogP contribution < -0.4 is 15.4 Å². The zero-order valence-corrected chi connectivity index (χ0v) is 10.4. The molecule has 104 valence electrons. The van der Waals surface area contributed by atoms with E-state index >= 15 is 0 Å². The minimum atomic E-state index is -2.84. The normalized spacial score (nSPS) is 19.2. The van der Waals surface area contributed by atoms with E-state index in [1.165, 1.54) is 12.1 Å². The third-order valence-electron chi connectivity index (χ3n) is 2.97. The molecule has 1 aromatic rings. The van der Waals surface area contributed by atoms with E-state index in [0.29, 0.717) is 5.69 Å². The van der Waals surface area contributed by atoms with E-state index in [0.717, 1.165) is 25.8 Å². The molecule has 0 aliphatic carbocycles. The number of carbonyl (C=O) groups excluding carboxylic acids is 1. The van der Waals surface area contributed by atoms with Crippen LogP contribution in [0.25, 0.3) is 0 Å². The monoisotopic (exact) mass is 270 g/mol. The zero-order valence-electron chi connectivity index (χ0n) is 10.4. The molecule has 1 aliphatic heterocycles. The number of benzene rings is 1. The molecule has 0 aromatic heterocycles. The standard InChI is InChI=1S/C13H16F2N2O2/c14-13(15)19-10-6-4-9(5-7-10)17-12(18)11-3-1-2-8-16-11/h4-7,11,13,16H,1-3,8H2,(H,17,18)/t11-/m1/s1. The van der Waals surface area contributed by atoms with Crippen molar-refractivity contribution in [3.05, 3.63) is 24.3 Å². The van der Waals surface area contributed by atoms with Crippen molar-refractivity contribution >= 4 is 11.6 Å². The highest BCUT2D eigenvalue weighted by molar-refractivity contribution is 5.94. The van der Waals surface area contributed by atoms with Gasteiger partial charge < -0.3 is 15.4 Å². The third kappa shape index (κ3) is 4.17. The highest BCUT2D eigenvalue weighted by Gasteiger charge is 2.20. The average Bonchev–Trinajstić information content (AvgIpc) is 2.41. The molecule has 2 N–H and O–H groups in total. The van der Waals surface area contributed by atoms with Gasteiger partial charge >= 0.3 is 6.61 Å². The molecule has 19 heavy (non-hydrogen) atoms. The van der Waals surface area contributed by atoms with E-state index in [-0.39, 0.29) is 17.7 Å². The van der Waals surface area contributed by atoms with Gasteiger partial charge in [0.1, 0.15) is 5.75 Å². The van der Waals surface area contributed by atoms with E-state index in [4.69, 9.17) is 0 Å². The van der Waals surface area contributed by atoms with Gasteiger partial charge in [-0.25, -0.2) is 0 Å². The topological polar surface area (TPSA) is 50.4 Å². The number of rotatable bonds is 4. The molecule has 1 amide bonds. The first-order chi connectivity index (χ1) is 9.15. The third-order valence-corrected chi connectivity index (χ3v) is 2.97. The lowest BCUT2D eigenvalue weighted by Gasteiger charge is -2.22. The number of alkyl halides is 2. The van der Waals surface area contributed by atoms with Gasteiger partial charge in [0.05, 0.1) is 6.04 Å². The van der Waals surface area contributed by atoms with Crippen molar-refractivity contribution < 1.29 is 18.3 Å². The Morgan fingerprint density at radius 3 is 2.63 bits per heavy atom. The molecule has 1 aliphatic rings. The van der Waals surface area contributed by atoms with Gasteiger partial charge in [0.2, 0.25) is 5.91 Å². The number of anilines is 1. The molecule has 1 atom stereocenters. The minimum Gasteiger partial charge on any atom is -0.435 e. The number of nitrogens with one attached hydrogen (secondary N) is 2. The summed E-state index contributed by atoms with van der Waals surface area (Å²) < 4.78 is 28.2. The zero-order chi connectivity index (χ0) is 13.7. The number of carbonyl (C=O) groups is 1. The average molecular weight is 270 g/mol. The van der Waals surface area contributed by atoms with Crippen molar-refractivity contribution in [3.8, 4) is 5.75 Å². The molecule has 0 bridgehead atoms. The number of amides is 1. The van der Waals surface area contributed by atoms with Gasteiger partial charge in [-0.2, -0.15) is 8.78 Å². The van der Waals surface area contributed by atoms with Gasteiger partial charge in [0.15, 0.2) is 0 Å². The largest absolute Gasteiger partial charge is 0.435 e. The van der Waals surface area contributed by atoms with E-state index in [1.807, 2.05) is 0 Å². The molecule has 1 saturated heterocycles. The van der Waals surface area contributed by atoms with Gasteiger partial charge in [0, 0.05) is 5.69 Å². The summed E-state index contributed by atoms with van der Waals surface area (Å²) in [5, 5.41) is 5.89. The molecule has 6 heteroatoms. The Hall–Kier alpha value is -1.69. The maximum atomic E-state index is 12.0. The van der Waals surface area contributed by atoms with E-state index in [1.54, 1.807) is 12.1 Å². The predicted octanol–water partition coefficient (Wildman–Crippen LogP) is 2.37. The van der Waals surface area contributed by atoms with Crippen LogP contribution in [0.15, 0.2) is 24.3 Å². The first-order valence-corrected chi connectivity index (χ1v) is 6.24. The van der Waals surface area contributed by atoms with Crippen molar-refractivity contribution in [2.24, 2.45) is 0 Å². The molecular formula is C13H16F2N2O2. The van der Waals surface area contributed by atoms with E-state index < -0.39 is 6.61 Å². The predicted molar refractivity (Wildman–Crippen MR) is 67.3 cm³/mol. The van der Waals surface area contributed by atoms with Crippen molar-refractivity contribution in [2.45, 2.75) is 31.9 Å². The van der Waals surface area contributed by atoms with Crippen LogP contribution in [-0.4, -0.2) is 25.1 Å². The smallest absolute Gasteiger partial charge is 0.387 e. The highest BCUT2D eigenvalue weighted by atomic mass is 19.3. The Kier molecular flexibility index (Phi) is 4.68. The molecule has 1 fully saturated rings. The molecule has 0 unspecified atom stereocenters.